The molecule has 23 nitrogen and oxygen atoms in total. The fourth-order valence-electron chi connectivity index (χ4n) is 14.6. The molecule has 4 N–H and O–H groups in total. The number of hydrogen-bond donors (Lipinski definition) is 4. The number of anilines is 1. The predicted octanol–water partition coefficient (Wildman–Crippen LogP) is 15.2. The van der Waals surface area contributed by atoms with E-state index in [1.807, 2.05) is 178 Å². The summed E-state index contributed by atoms with van der Waals surface area (Å²) >= 11 is 0. The van der Waals surface area contributed by atoms with Crippen LogP contribution in [0.3, 0.4) is 0 Å². The maximum absolute atomic E-state index is 14.6. The molecule has 0 fully saturated rings. The van der Waals surface area contributed by atoms with Crippen molar-refractivity contribution in [1.29, 1.82) is 0 Å². The third-order valence-corrected chi connectivity index (χ3v) is 19.8. The number of nitrogens with one attached hydrogen (secondary N) is 4. The number of rotatable bonds is 15. The lowest BCUT2D eigenvalue weighted by molar-refractivity contribution is -0.114. The minimum absolute atomic E-state index is 0.00584. The molecule has 0 spiro atoms. The van der Waals surface area contributed by atoms with Crippen LogP contribution in [0.5, 0.6) is 0 Å². The Bertz CT molecular complexity index is 6810. The highest BCUT2D eigenvalue weighted by Gasteiger charge is 2.29. The molecule has 0 aliphatic heterocycles. The van der Waals surface area contributed by atoms with Crippen molar-refractivity contribution < 1.29 is 23.6 Å². The van der Waals surface area contributed by atoms with Crippen molar-refractivity contribution in [2.45, 2.75) is 73.5 Å². The van der Waals surface area contributed by atoms with E-state index in [2.05, 4.69) is 57.6 Å². The first-order chi connectivity index (χ1) is 55.2. The topological polar surface area (TPSA) is 273 Å². The summed E-state index contributed by atoms with van der Waals surface area (Å²) in [6.45, 7) is 14.3. The minimum Gasteiger partial charge on any atom is -0.344 e. The third-order valence-electron chi connectivity index (χ3n) is 19.8. The molecule has 0 unspecified atom stereocenters. The Morgan fingerprint density at radius 2 is 0.728 bits per heavy atom. The van der Waals surface area contributed by atoms with Gasteiger partial charge in [-0.3, -0.25) is 47.3 Å². The second-order valence-electron chi connectivity index (χ2n) is 27.6. The van der Waals surface area contributed by atoms with Gasteiger partial charge in [0.1, 0.15) is 22.5 Å². The van der Waals surface area contributed by atoms with Crippen LogP contribution >= 0.6 is 0 Å². The predicted molar refractivity (Wildman–Crippen MR) is 439 cm³/mol. The number of hydrogen-bond acceptors (Lipinski definition) is 13. The Labute approximate surface area is 651 Å². The second kappa shape index (κ2) is 31.6. The van der Waals surface area contributed by atoms with Crippen LogP contribution in [0, 0.1) is 33.5 Å². The summed E-state index contributed by atoms with van der Waals surface area (Å²) < 4.78 is 24.1. The van der Waals surface area contributed by atoms with Crippen molar-refractivity contribution in [3.63, 3.8) is 0 Å². The van der Waals surface area contributed by atoms with Crippen LogP contribution in [-0.2, 0) is 4.79 Å². The van der Waals surface area contributed by atoms with E-state index in [0.29, 0.717) is 101 Å². The fourth-order valence-corrected chi connectivity index (χ4v) is 14.6. The molecule has 17 rings (SSSR count). The quantitative estimate of drug-likeness (QED) is 0.0744. The smallest absolute Gasteiger partial charge is 0.266 e. The molecule has 3 atom stereocenters. The summed E-state index contributed by atoms with van der Waals surface area (Å²) in [6.07, 6.45) is 10.1. The van der Waals surface area contributed by atoms with Crippen LogP contribution in [-0.4, -0.2) is 81.1 Å². The van der Waals surface area contributed by atoms with Crippen LogP contribution in [0.2, 0.25) is 0 Å². The number of carbonyl (C=O) groups excluding carboxylic acids is 4. The van der Waals surface area contributed by atoms with Gasteiger partial charge in [0.05, 0.1) is 51.4 Å². The number of carbonyl (C=O) groups is 4. The van der Waals surface area contributed by atoms with Crippen LogP contribution in [0.25, 0.3) is 88.6 Å². The summed E-state index contributed by atoms with van der Waals surface area (Å²) in [6, 6.07) is 68.9. The highest BCUT2D eigenvalue weighted by atomic mass is 19.1. The zero-order chi connectivity index (χ0) is 79.6. The SMILES string of the molecule is CC(=O)Nc1ccc(-c2cccc3cc([C@H](C)NC(=O)c4c(C)nn5cccnc45)n(-c4ccccc4)c(=O)c23)cc1.Cc1cccc(-c2cccc3cc([C@H](C)NC(=O)c4c(C)nn5cccnc45)n(-c4ccccc4)c(=O)c23)c1.Cc1nn2cccnc2c1C(=O)N[C@@H](C)c1cc2cccc(F)c2c(=O)n1-c1ccccc1. The number of fused-ring (bicyclic) bond motifs is 6. The number of aromatic nitrogens is 12. The Hall–Kier alpha value is -14.9. The van der Waals surface area contributed by atoms with E-state index in [1.165, 1.54) is 17.6 Å². The van der Waals surface area contributed by atoms with Gasteiger partial charge in [-0.05, 0) is 178 Å². The second-order valence-corrected chi connectivity index (χ2v) is 27.6. The van der Waals surface area contributed by atoms with Gasteiger partial charge in [0.25, 0.3) is 34.4 Å². The molecule has 0 radical (unpaired) electrons. The molecule has 0 saturated heterocycles. The van der Waals surface area contributed by atoms with Crippen LogP contribution < -0.4 is 37.9 Å². The number of nitrogens with zero attached hydrogens (tertiary/aromatic N) is 12. The Balaban J connectivity index is 0.000000136. The summed E-state index contributed by atoms with van der Waals surface area (Å²) in [7, 11) is 0. The highest BCUT2D eigenvalue weighted by molar-refractivity contribution is 6.04. The number of pyridine rings is 3. The highest BCUT2D eigenvalue weighted by Crippen LogP contribution is 2.34. The van der Waals surface area contributed by atoms with Crippen LogP contribution in [0.15, 0.2) is 282 Å². The molecule has 4 amide bonds. The van der Waals surface area contributed by atoms with Crippen molar-refractivity contribution in [3.8, 4) is 39.3 Å². The summed E-state index contributed by atoms with van der Waals surface area (Å²) in [4.78, 5) is 107. The molecule has 9 aromatic heterocycles. The minimum atomic E-state index is -0.585. The molecular weight excluding hydrogens is 1440 g/mol. The molecule has 0 aliphatic carbocycles. The molecule has 0 aliphatic rings. The van der Waals surface area contributed by atoms with Gasteiger partial charge in [-0.15, -0.1) is 0 Å². The molecular formula is C90H75FN16O7. The van der Waals surface area contributed by atoms with E-state index < -0.39 is 29.5 Å². The van der Waals surface area contributed by atoms with Gasteiger partial charge in [-0.25, -0.2) is 32.9 Å². The average molecular weight is 1510 g/mol. The van der Waals surface area contributed by atoms with Crippen molar-refractivity contribution in [1.82, 2.24) is 73.4 Å². The number of para-hydroxylation sites is 3. The Morgan fingerprint density at radius 3 is 1.11 bits per heavy atom. The Morgan fingerprint density at radius 1 is 0.377 bits per heavy atom. The molecule has 17 aromatic rings. The van der Waals surface area contributed by atoms with E-state index in [9.17, 15) is 38.0 Å². The lowest BCUT2D eigenvalue weighted by Crippen LogP contribution is -2.32. The third kappa shape index (κ3) is 14.6. The van der Waals surface area contributed by atoms with E-state index in [1.54, 1.807) is 148 Å². The summed E-state index contributed by atoms with van der Waals surface area (Å²) in [5.41, 5.74) is 12.5. The summed E-state index contributed by atoms with van der Waals surface area (Å²) in [5, 5.41) is 28.3. The maximum Gasteiger partial charge on any atom is 0.266 e. The molecule has 114 heavy (non-hydrogen) atoms. The summed E-state index contributed by atoms with van der Waals surface area (Å²) in [5.74, 6) is -1.72. The molecule has 24 heteroatoms. The van der Waals surface area contributed by atoms with Gasteiger partial charge < -0.3 is 21.3 Å². The number of halogens is 1. The average Bonchev–Trinajstić information content (AvgIpc) is 1.06. The molecule has 8 aromatic carbocycles. The monoisotopic (exact) mass is 1510 g/mol. The number of aryl methyl sites for hydroxylation is 4. The van der Waals surface area contributed by atoms with Crippen LogP contribution in [0.4, 0.5) is 10.1 Å². The lowest BCUT2D eigenvalue weighted by Gasteiger charge is -2.22. The lowest BCUT2D eigenvalue weighted by atomic mass is 9.97. The zero-order valence-corrected chi connectivity index (χ0v) is 63.2. The number of benzene rings is 8. The molecule has 0 bridgehead atoms. The van der Waals surface area contributed by atoms with Gasteiger partial charge in [0.2, 0.25) is 5.91 Å². The van der Waals surface area contributed by atoms with Gasteiger partial charge >= 0.3 is 0 Å². The molecule has 0 saturated carbocycles. The van der Waals surface area contributed by atoms with Gasteiger partial charge in [-0.2, -0.15) is 15.3 Å². The van der Waals surface area contributed by atoms with Crippen molar-refractivity contribution in [3.05, 3.63) is 361 Å². The first-order valence-corrected chi connectivity index (χ1v) is 36.8. The molecule has 9 heterocycles. The van der Waals surface area contributed by atoms with E-state index in [0.717, 1.165) is 44.3 Å². The van der Waals surface area contributed by atoms with Crippen LogP contribution in [0.1, 0.15) is 117 Å². The van der Waals surface area contributed by atoms with Gasteiger partial charge in [0, 0.05) is 83.9 Å². The number of amides is 4. The largest absolute Gasteiger partial charge is 0.344 e. The normalized spacial score (nSPS) is 12.0. The molecule has 564 valence electrons. The van der Waals surface area contributed by atoms with E-state index >= 15 is 0 Å². The Kier molecular flexibility index (Phi) is 20.6. The first-order valence-electron chi connectivity index (χ1n) is 36.8. The van der Waals surface area contributed by atoms with Crippen molar-refractivity contribution in [2.75, 3.05) is 5.32 Å². The maximum atomic E-state index is 14.6. The zero-order valence-electron chi connectivity index (χ0n) is 63.2. The van der Waals surface area contributed by atoms with Gasteiger partial charge in [0.15, 0.2) is 16.9 Å². The van der Waals surface area contributed by atoms with Crippen molar-refractivity contribution in [2.24, 2.45) is 0 Å². The van der Waals surface area contributed by atoms with E-state index in [4.69, 9.17) is 0 Å². The van der Waals surface area contributed by atoms with Gasteiger partial charge in [-0.1, -0.05) is 145 Å². The fraction of sp³-hybridized carbons (Fsp3) is 0.122. The standard InChI is InChI=1S/C33H28N6O3.C32H27N5O2.C25H20FN5O2/c1-20(35-32(41)29-21(2)37-38-18-8-17-34-31(29)38)28-19-24-9-7-12-27(23-13-15-25(16-14-23)36-22(3)40)30(24)33(42)39(28)26-10-5-4-6-11-26;1-20-10-7-11-23(18-20)26-15-8-12-24-19-27(37(32(39)29(24)26)25-13-5-4-6-14-25)21(2)34-31(38)28-22(3)35-36-17-9-16-33-30(28)36;1-15(28-24(32)21-16(2)29-30-13-7-12-27-23(21)30)20-14-17-8-6-11-19(26)22(17)25(33)31(20)18-9-4-3-5-10-18/h4-20H,1-3H3,(H,35,41)(H,36,40);4-19,21H,1-3H3,(H,34,38);3-15H,1-2H3,(H,28,32)/t20-;21-;15-/m000/s1. The van der Waals surface area contributed by atoms with E-state index in [-0.39, 0.29) is 40.1 Å². The first kappa shape index (κ1) is 74.5. The van der Waals surface area contributed by atoms with Crippen molar-refractivity contribution >= 4 is 78.6 Å².